The van der Waals surface area contributed by atoms with Crippen molar-refractivity contribution in [2.45, 2.75) is 107 Å². The Labute approximate surface area is 324 Å². The van der Waals surface area contributed by atoms with Gasteiger partial charge in [-0.1, -0.05) is 38.3 Å². The van der Waals surface area contributed by atoms with Gasteiger partial charge in [0.1, 0.15) is 34.4 Å². The molecule has 4 saturated carbocycles. The Morgan fingerprint density at radius 3 is 1.98 bits per heavy atom. The number of nitro groups is 2. The zero-order valence-corrected chi connectivity index (χ0v) is 33.1. The SMILES string of the molecule is CC[C@@H]1CC(CS(=O)(=O)C2CC2)C[C@@H]1Nc1c([N+](=O)[O-])cnc2[nH]ccc12.CC[C@@H]1CC(NS(=O)(=O)C2CC2)C[C@@H]1N.O=[N+]([O-])c1cnc2[nH]ccc2c1Cl. The van der Waals surface area contributed by atoms with Crippen LogP contribution in [-0.2, 0) is 19.9 Å². The normalized spacial score (nSPS) is 25.2. The van der Waals surface area contributed by atoms with Crippen LogP contribution in [0.5, 0.6) is 0 Å². The third-order valence-corrected chi connectivity index (χ3v) is 16.0. The molecule has 4 aromatic rings. The molecule has 4 fully saturated rings. The van der Waals surface area contributed by atoms with E-state index in [0.717, 1.165) is 70.4 Å². The van der Waals surface area contributed by atoms with E-state index in [1.807, 2.05) is 0 Å². The van der Waals surface area contributed by atoms with Crippen LogP contribution in [0, 0.1) is 38.0 Å². The molecule has 0 radical (unpaired) electrons. The predicted molar refractivity (Wildman–Crippen MR) is 211 cm³/mol. The number of rotatable bonds is 12. The molecule has 0 amide bonds. The molecular formula is C35H48ClN9O8S2. The molecule has 4 heterocycles. The van der Waals surface area contributed by atoms with Gasteiger partial charge in [0.05, 0.1) is 26.1 Å². The fourth-order valence-corrected chi connectivity index (χ4v) is 11.8. The van der Waals surface area contributed by atoms with Crippen molar-refractivity contribution in [1.82, 2.24) is 24.7 Å². The number of fused-ring (bicyclic) bond motifs is 2. The van der Waals surface area contributed by atoms with Gasteiger partial charge >= 0.3 is 11.4 Å². The quantitative estimate of drug-likeness (QED) is 0.0817. The number of hydrogen-bond donors (Lipinski definition) is 5. The van der Waals surface area contributed by atoms with Crippen LogP contribution in [0.4, 0.5) is 17.1 Å². The lowest BCUT2D eigenvalue weighted by Gasteiger charge is -2.21. The van der Waals surface area contributed by atoms with E-state index in [0.29, 0.717) is 39.6 Å². The molecule has 0 spiro atoms. The number of nitrogens with two attached hydrogens (primary N) is 1. The summed E-state index contributed by atoms with van der Waals surface area (Å²) in [7, 11) is -6.03. The van der Waals surface area contributed by atoms with Crippen molar-refractivity contribution >= 4 is 70.6 Å². The molecule has 300 valence electrons. The average Bonchev–Trinajstić information content (AvgIpc) is 4.00. The summed E-state index contributed by atoms with van der Waals surface area (Å²) in [6, 6.07) is 3.70. The highest BCUT2D eigenvalue weighted by molar-refractivity contribution is 7.92. The van der Waals surface area contributed by atoms with E-state index in [2.05, 4.69) is 43.8 Å². The molecule has 4 aliphatic rings. The average molecular weight is 822 g/mol. The molecular weight excluding hydrogens is 774 g/mol. The van der Waals surface area contributed by atoms with Gasteiger partial charge in [0.2, 0.25) is 10.0 Å². The number of sulfone groups is 1. The van der Waals surface area contributed by atoms with Gasteiger partial charge in [-0.15, -0.1) is 0 Å². The first-order valence-electron chi connectivity index (χ1n) is 18.7. The number of anilines is 1. The maximum atomic E-state index is 12.4. The van der Waals surface area contributed by atoms with E-state index in [1.54, 1.807) is 24.5 Å². The molecule has 0 bridgehead atoms. The second kappa shape index (κ2) is 16.7. The molecule has 4 aliphatic carbocycles. The first kappa shape index (κ1) is 40.7. The van der Waals surface area contributed by atoms with E-state index in [1.165, 1.54) is 6.20 Å². The molecule has 6 N–H and O–H groups in total. The first-order chi connectivity index (χ1) is 26.1. The number of aromatic amines is 2. The predicted octanol–water partition coefficient (Wildman–Crippen LogP) is 5.97. The number of nitrogens with zero attached hydrogens (tertiary/aromatic N) is 4. The molecule has 6 atom stereocenters. The van der Waals surface area contributed by atoms with Crippen molar-refractivity contribution < 1.29 is 26.7 Å². The molecule has 8 rings (SSSR count). The molecule has 0 aromatic carbocycles. The smallest absolute Gasteiger partial charge is 0.311 e. The summed E-state index contributed by atoms with van der Waals surface area (Å²) in [6.45, 7) is 4.20. The standard InChI is InChI=1S/C18H24N4O4S.C10H20N2O2S.C7H4ClN3O2/c1-2-12-7-11(10-27(25,26)13-3-4-13)8-15(12)21-17-14-5-6-19-18(14)20-9-16(17)22(23)24;1-2-7-5-8(6-10(7)11)12-15(13,14)9-3-4-9;8-6-4-1-2-9-7(4)10-3-5(6)11(12)13/h5-6,9,11-13,15H,2-4,7-8,10H2,1H3,(H2,19,20,21);7-10,12H,2-6,11H2,1H3;1-3H,(H,9,10)/t11?,12-,15+;7-,8?,10+;/m11./s1. The summed E-state index contributed by atoms with van der Waals surface area (Å²) >= 11 is 5.78. The Kier molecular flexibility index (Phi) is 12.4. The number of H-pyrrole nitrogens is 2. The van der Waals surface area contributed by atoms with Gasteiger partial charge in [0.15, 0.2) is 9.84 Å². The minimum atomic E-state index is -3.03. The van der Waals surface area contributed by atoms with Crippen LogP contribution in [0.25, 0.3) is 22.1 Å². The first-order valence-corrected chi connectivity index (χ1v) is 22.4. The lowest BCUT2D eigenvalue weighted by molar-refractivity contribution is -0.384. The van der Waals surface area contributed by atoms with Crippen molar-refractivity contribution in [1.29, 1.82) is 0 Å². The lowest BCUT2D eigenvalue weighted by Crippen LogP contribution is -2.36. The molecule has 0 saturated heterocycles. The van der Waals surface area contributed by atoms with Gasteiger partial charge in [-0.05, 0) is 81.3 Å². The Bertz CT molecular complexity index is 2240. The third-order valence-electron chi connectivity index (χ3n) is 11.2. The zero-order valence-electron chi connectivity index (χ0n) is 30.7. The fourth-order valence-electron chi connectivity index (χ4n) is 7.89. The molecule has 55 heavy (non-hydrogen) atoms. The Morgan fingerprint density at radius 1 is 0.836 bits per heavy atom. The minimum absolute atomic E-state index is 0.0219. The lowest BCUT2D eigenvalue weighted by atomic mass is 10.00. The zero-order chi connectivity index (χ0) is 39.7. The fraction of sp³-hybridized carbons (Fsp3) is 0.600. The van der Waals surface area contributed by atoms with E-state index in [9.17, 15) is 37.1 Å². The van der Waals surface area contributed by atoms with Gasteiger partial charge in [-0.25, -0.2) is 31.5 Å². The maximum Gasteiger partial charge on any atom is 0.311 e. The number of pyridine rings is 2. The van der Waals surface area contributed by atoms with Gasteiger partial charge in [-0.3, -0.25) is 20.2 Å². The Morgan fingerprint density at radius 2 is 1.42 bits per heavy atom. The van der Waals surface area contributed by atoms with E-state index in [-0.39, 0.29) is 56.7 Å². The largest absolute Gasteiger partial charge is 0.376 e. The highest BCUT2D eigenvalue weighted by atomic mass is 35.5. The number of sulfonamides is 1. The van der Waals surface area contributed by atoms with Gasteiger partial charge < -0.3 is 21.0 Å². The van der Waals surface area contributed by atoms with Crippen LogP contribution in [0.15, 0.2) is 36.9 Å². The van der Waals surface area contributed by atoms with Crippen LogP contribution >= 0.6 is 11.6 Å². The highest BCUT2D eigenvalue weighted by Gasteiger charge is 2.42. The number of aromatic nitrogens is 4. The highest BCUT2D eigenvalue weighted by Crippen LogP contribution is 2.41. The van der Waals surface area contributed by atoms with Crippen molar-refractivity contribution in [3.8, 4) is 0 Å². The second-order valence-electron chi connectivity index (χ2n) is 15.1. The van der Waals surface area contributed by atoms with Crippen molar-refractivity contribution in [2.24, 2.45) is 23.5 Å². The molecule has 17 nitrogen and oxygen atoms in total. The van der Waals surface area contributed by atoms with Crippen LogP contribution in [0.2, 0.25) is 5.02 Å². The number of hydrogen-bond acceptors (Lipinski definition) is 12. The van der Waals surface area contributed by atoms with Crippen molar-refractivity contribution in [3.05, 3.63) is 62.2 Å². The van der Waals surface area contributed by atoms with Gasteiger partial charge in [0, 0.05) is 41.3 Å². The minimum Gasteiger partial charge on any atom is -0.376 e. The monoisotopic (exact) mass is 821 g/mol. The summed E-state index contributed by atoms with van der Waals surface area (Å²) in [5.74, 6) is 1.13. The van der Waals surface area contributed by atoms with Crippen molar-refractivity contribution in [3.63, 3.8) is 0 Å². The van der Waals surface area contributed by atoms with E-state index in [4.69, 9.17) is 17.3 Å². The molecule has 20 heteroatoms. The Balaban J connectivity index is 0.000000155. The summed E-state index contributed by atoms with van der Waals surface area (Å²) < 4.78 is 50.9. The second-order valence-corrected chi connectivity index (χ2v) is 19.8. The topological polar surface area (TPSA) is 262 Å². The van der Waals surface area contributed by atoms with Gasteiger partial charge in [-0.2, -0.15) is 0 Å². The molecule has 2 unspecified atom stereocenters. The third kappa shape index (κ3) is 9.56. The van der Waals surface area contributed by atoms with Crippen molar-refractivity contribution in [2.75, 3.05) is 11.1 Å². The summed E-state index contributed by atoms with van der Waals surface area (Å²) in [4.78, 5) is 34.7. The number of halogens is 1. The van der Waals surface area contributed by atoms with Gasteiger partial charge in [0.25, 0.3) is 0 Å². The van der Waals surface area contributed by atoms with Crippen LogP contribution in [0.1, 0.15) is 78.1 Å². The summed E-state index contributed by atoms with van der Waals surface area (Å²) in [5.41, 5.74) is 7.36. The summed E-state index contributed by atoms with van der Waals surface area (Å²) in [6.07, 6.45) is 14.2. The van der Waals surface area contributed by atoms with Crippen LogP contribution in [0.3, 0.4) is 0 Å². The van der Waals surface area contributed by atoms with E-state index < -0.39 is 29.7 Å². The number of nitrogens with one attached hydrogen (secondary N) is 4. The van der Waals surface area contributed by atoms with Crippen LogP contribution in [-0.4, -0.2) is 81.0 Å². The molecule has 4 aromatic heterocycles. The summed E-state index contributed by atoms with van der Waals surface area (Å²) in [5, 5.41) is 26.5. The maximum absolute atomic E-state index is 12.4. The Hall–Kier alpha value is -3.91. The molecule has 0 aliphatic heterocycles. The van der Waals surface area contributed by atoms with Crippen LogP contribution < -0.4 is 15.8 Å². The van der Waals surface area contributed by atoms with E-state index >= 15 is 0 Å².